The molecule has 4 nitrogen and oxygen atoms in total. The van der Waals surface area contributed by atoms with Gasteiger partial charge in [-0.2, -0.15) is 4.57 Å². The van der Waals surface area contributed by atoms with E-state index < -0.39 is 5.82 Å². The molecule has 8 heteroatoms. The van der Waals surface area contributed by atoms with Gasteiger partial charge in [0.05, 0.1) is 9.47 Å². The Morgan fingerprint density at radius 1 is 1.17 bits per heavy atom. The smallest absolute Gasteiger partial charge is 0.239 e. The summed E-state index contributed by atoms with van der Waals surface area (Å²) in [5.41, 5.74) is 1.47. The summed E-state index contributed by atoms with van der Waals surface area (Å²) in [6.07, 6.45) is 4.89. The number of thiocarbonyl (C=S) groups is 1. The lowest BCUT2D eigenvalue weighted by molar-refractivity contribution is -0.577. The topological polar surface area (TPSA) is 59.2 Å². The summed E-state index contributed by atoms with van der Waals surface area (Å²) in [5.74, 6) is -0.715. The van der Waals surface area contributed by atoms with E-state index in [9.17, 15) is 9.50 Å². The number of hydrogen-bond donors (Lipinski definition) is 2. The number of rotatable bonds is 7. The maximum atomic E-state index is 14.1. The molecule has 0 saturated carbocycles. The third-order valence-corrected chi connectivity index (χ3v) is 6.05. The van der Waals surface area contributed by atoms with Crippen LogP contribution in [0.25, 0.3) is 11.5 Å². The maximum absolute atomic E-state index is 14.1. The second kappa shape index (κ2) is 10.1. The Bertz CT molecular complexity index is 1040. The molecule has 0 radical (unpaired) electrons. The molecule has 150 valence electrons. The van der Waals surface area contributed by atoms with Gasteiger partial charge in [0.15, 0.2) is 17.4 Å². The molecular formula is C21H18BrFN2O2S2. The second-order valence-corrected chi connectivity index (χ2v) is 9.03. The lowest BCUT2D eigenvalue weighted by Crippen LogP contribution is -2.40. The molecule has 0 aliphatic rings. The first-order chi connectivity index (χ1) is 14.0. The molecule has 3 aromatic rings. The third-order valence-electron chi connectivity index (χ3n) is 4.13. The molecule has 2 N–H and O–H groups in total. The highest BCUT2D eigenvalue weighted by atomic mass is 79.9. The Morgan fingerprint density at radius 2 is 1.90 bits per heavy atom. The van der Waals surface area contributed by atoms with Gasteiger partial charge in [-0.25, -0.2) is 4.39 Å². The van der Waals surface area contributed by atoms with E-state index in [1.807, 2.05) is 12.1 Å². The number of anilines is 1. The number of aliphatic hydroxyl groups is 1. The number of aryl methyl sites for hydroxylation is 1. The molecule has 0 atom stereocenters. The summed E-state index contributed by atoms with van der Waals surface area (Å²) in [5, 5.41) is 25.1. The van der Waals surface area contributed by atoms with Crippen molar-refractivity contribution in [3.8, 4) is 0 Å². The lowest BCUT2D eigenvalue weighted by atomic mass is 10.1. The average molecular weight is 493 g/mol. The van der Waals surface area contributed by atoms with Gasteiger partial charge in [0, 0.05) is 23.6 Å². The van der Waals surface area contributed by atoms with Gasteiger partial charge in [-0.05, 0) is 64.4 Å². The van der Waals surface area contributed by atoms with Gasteiger partial charge in [0.25, 0.3) is 0 Å². The number of aliphatic hydroxyl groups excluding tert-OH is 1. The van der Waals surface area contributed by atoms with E-state index in [2.05, 4.69) is 21.2 Å². The molecule has 0 spiro atoms. The molecular weight excluding hydrogens is 475 g/mol. The van der Waals surface area contributed by atoms with Gasteiger partial charge in [0.2, 0.25) is 5.70 Å². The van der Waals surface area contributed by atoms with Gasteiger partial charge < -0.3 is 15.5 Å². The van der Waals surface area contributed by atoms with Crippen molar-refractivity contribution in [3.05, 3.63) is 81.0 Å². The number of hydrogen-bond acceptors (Lipinski definition) is 4. The summed E-state index contributed by atoms with van der Waals surface area (Å²) < 4.78 is 16.5. The highest BCUT2D eigenvalue weighted by molar-refractivity contribution is 9.11. The van der Waals surface area contributed by atoms with Crippen LogP contribution in [-0.2, 0) is 6.42 Å². The van der Waals surface area contributed by atoms with E-state index in [-0.39, 0.29) is 28.7 Å². The number of benzene rings is 1. The van der Waals surface area contributed by atoms with Crippen LogP contribution in [0, 0.1) is 5.82 Å². The molecule has 1 aromatic carbocycles. The Morgan fingerprint density at radius 3 is 2.52 bits per heavy atom. The molecule has 3 rings (SSSR count). The van der Waals surface area contributed by atoms with E-state index in [1.165, 1.54) is 17.4 Å². The minimum Gasteiger partial charge on any atom is -0.867 e. The fraction of sp³-hybridized carbons (Fsp3) is 0.143. The first-order valence-corrected chi connectivity index (χ1v) is 10.9. The molecule has 0 fully saturated rings. The molecule has 0 aliphatic heterocycles. The number of nitrogens with zero attached hydrogens (tertiary/aromatic N) is 1. The van der Waals surface area contributed by atoms with Crippen LogP contribution in [0.2, 0.25) is 0 Å². The highest BCUT2D eigenvalue weighted by Gasteiger charge is 2.20. The summed E-state index contributed by atoms with van der Waals surface area (Å²) in [6.45, 7) is 0.120. The molecule has 0 unspecified atom stereocenters. The quantitative estimate of drug-likeness (QED) is 0.226. The first kappa shape index (κ1) is 21.6. The Hall–Kier alpha value is -2.13. The van der Waals surface area contributed by atoms with Crippen LogP contribution in [0.1, 0.15) is 16.9 Å². The van der Waals surface area contributed by atoms with Crippen LogP contribution in [0.15, 0.2) is 64.7 Å². The minimum atomic E-state index is -0.454. The van der Waals surface area contributed by atoms with Crippen LogP contribution in [-0.4, -0.2) is 16.7 Å². The van der Waals surface area contributed by atoms with E-state index in [0.29, 0.717) is 11.3 Å². The van der Waals surface area contributed by atoms with Gasteiger partial charge >= 0.3 is 0 Å². The standard InChI is InChI=1S/C21H18BrFN2O2S2/c22-18-8-7-17(29-18)20(27)19(21(28)24-16-6-2-1-5-15(16)23)25-11-9-14(10-12-25)4-3-13-26/h1-2,5-12,26H,3-4,13H2,(H-,24,27,28). The third kappa shape index (κ3) is 5.48. The number of aromatic nitrogens is 1. The predicted molar refractivity (Wildman–Crippen MR) is 120 cm³/mol. The van der Waals surface area contributed by atoms with E-state index >= 15 is 0 Å². The van der Waals surface area contributed by atoms with Crippen LogP contribution in [0.3, 0.4) is 0 Å². The Balaban J connectivity index is 2.00. The number of halogens is 2. The molecule has 0 bridgehead atoms. The van der Waals surface area contributed by atoms with Crippen molar-refractivity contribution in [2.75, 3.05) is 11.9 Å². The highest BCUT2D eigenvalue weighted by Crippen LogP contribution is 2.28. The van der Waals surface area contributed by atoms with Crippen molar-refractivity contribution >= 4 is 61.6 Å². The van der Waals surface area contributed by atoms with Gasteiger partial charge in [-0.1, -0.05) is 24.4 Å². The van der Waals surface area contributed by atoms with E-state index in [4.69, 9.17) is 17.3 Å². The Kier molecular flexibility index (Phi) is 7.49. The number of thiophene rings is 1. The number of nitrogens with one attached hydrogen (secondary N) is 1. The molecule has 2 heterocycles. The van der Waals surface area contributed by atoms with Crippen molar-refractivity contribution in [3.63, 3.8) is 0 Å². The Labute approximate surface area is 186 Å². The fourth-order valence-corrected chi connectivity index (χ4v) is 4.33. The SMILES string of the molecule is [O-]C(=C(C(=S)Nc1ccccc1F)[n+]1ccc(CCCO)cc1)c1ccc(Br)s1. The van der Waals surface area contributed by atoms with Crippen molar-refractivity contribution < 1.29 is 19.2 Å². The lowest BCUT2D eigenvalue weighted by Gasteiger charge is -2.16. The normalized spacial score (nSPS) is 11.8. The summed E-state index contributed by atoms with van der Waals surface area (Å²) in [4.78, 5) is 0.638. The van der Waals surface area contributed by atoms with E-state index in [0.717, 1.165) is 15.8 Å². The van der Waals surface area contributed by atoms with Crippen LogP contribution >= 0.6 is 39.5 Å². The van der Waals surface area contributed by atoms with Crippen LogP contribution < -0.4 is 15.0 Å². The maximum Gasteiger partial charge on any atom is 0.239 e. The van der Waals surface area contributed by atoms with E-state index in [1.54, 1.807) is 47.3 Å². The van der Waals surface area contributed by atoms with Crippen molar-refractivity contribution in [1.82, 2.24) is 0 Å². The predicted octanol–water partition coefficient (Wildman–Crippen LogP) is 3.99. The molecule has 2 aromatic heterocycles. The summed E-state index contributed by atoms with van der Waals surface area (Å²) in [6, 6.07) is 13.4. The van der Waals surface area contributed by atoms with Crippen molar-refractivity contribution in [2.24, 2.45) is 0 Å². The average Bonchev–Trinajstić information content (AvgIpc) is 3.15. The van der Waals surface area contributed by atoms with Crippen molar-refractivity contribution in [1.29, 1.82) is 0 Å². The first-order valence-electron chi connectivity index (χ1n) is 8.84. The summed E-state index contributed by atoms with van der Waals surface area (Å²) in [7, 11) is 0. The molecule has 0 aliphatic carbocycles. The molecule has 29 heavy (non-hydrogen) atoms. The van der Waals surface area contributed by atoms with Crippen LogP contribution in [0.4, 0.5) is 10.1 Å². The monoisotopic (exact) mass is 492 g/mol. The number of para-hydroxylation sites is 1. The van der Waals surface area contributed by atoms with Gasteiger partial charge in [-0.3, -0.25) is 0 Å². The molecule has 0 saturated heterocycles. The van der Waals surface area contributed by atoms with Gasteiger partial charge in [-0.15, -0.1) is 11.3 Å². The largest absolute Gasteiger partial charge is 0.867 e. The zero-order valence-electron chi connectivity index (χ0n) is 15.3. The number of pyridine rings is 1. The van der Waals surface area contributed by atoms with Crippen molar-refractivity contribution in [2.45, 2.75) is 12.8 Å². The zero-order valence-corrected chi connectivity index (χ0v) is 18.5. The van der Waals surface area contributed by atoms with Crippen LogP contribution in [0.5, 0.6) is 0 Å². The zero-order chi connectivity index (χ0) is 20.8. The summed E-state index contributed by atoms with van der Waals surface area (Å²) >= 11 is 10.2. The van der Waals surface area contributed by atoms with Gasteiger partial charge in [0.1, 0.15) is 5.82 Å². The minimum absolute atomic E-state index is 0.120. The second-order valence-electron chi connectivity index (χ2n) is 6.16. The fourth-order valence-electron chi connectivity index (χ4n) is 2.69. The molecule has 0 amide bonds.